The summed E-state index contributed by atoms with van der Waals surface area (Å²) in [5.74, 6) is -0.903. The van der Waals surface area contributed by atoms with E-state index in [1.54, 1.807) is 30.5 Å². The second-order valence-corrected chi connectivity index (χ2v) is 6.01. The first-order valence-corrected chi connectivity index (χ1v) is 7.78. The zero-order valence-corrected chi connectivity index (χ0v) is 13.2. The third-order valence-electron chi connectivity index (χ3n) is 4.46. The number of esters is 1. The summed E-state index contributed by atoms with van der Waals surface area (Å²) in [4.78, 5) is 15.7. The van der Waals surface area contributed by atoms with Gasteiger partial charge in [-0.3, -0.25) is 4.98 Å². The highest BCUT2D eigenvalue weighted by molar-refractivity contribution is 5.89. The summed E-state index contributed by atoms with van der Waals surface area (Å²) in [6.45, 7) is 1.25. The molecule has 1 aromatic heterocycles. The molecule has 6 nitrogen and oxygen atoms in total. The van der Waals surface area contributed by atoms with Gasteiger partial charge in [-0.05, 0) is 31.1 Å². The van der Waals surface area contributed by atoms with Gasteiger partial charge in [-0.2, -0.15) is 0 Å². The molecule has 1 aliphatic carbocycles. The van der Waals surface area contributed by atoms with Gasteiger partial charge in [0.1, 0.15) is 0 Å². The zero-order valence-electron chi connectivity index (χ0n) is 13.2. The van der Waals surface area contributed by atoms with Crippen molar-refractivity contribution in [2.45, 2.75) is 37.1 Å². The van der Waals surface area contributed by atoms with E-state index in [0.717, 1.165) is 0 Å². The lowest BCUT2D eigenvalue weighted by atomic mass is 9.81. The van der Waals surface area contributed by atoms with Gasteiger partial charge in [0, 0.05) is 19.0 Å². The van der Waals surface area contributed by atoms with Crippen molar-refractivity contribution in [1.29, 1.82) is 0 Å². The first-order chi connectivity index (χ1) is 11.0. The molecule has 0 unspecified atom stereocenters. The molecular formula is C17H21NO5. The fourth-order valence-corrected chi connectivity index (χ4v) is 3.04. The Morgan fingerprint density at radius 2 is 2.00 bits per heavy atom. The second-order valence-electron chi connectivity index (χ2n) is 6.01. The molecule has 1 aliphatic heterocycles. The van der Waals surface area contributed by atoms with Crippen LogP contribution < -0.4 is 0 Å². The number of carbonyl (C=O) groups excluding carboxylic acids is 1. The fraction of sp³-hybridized carbons (Fsp3) is 0.529. The molecule has 0 radical (unpaired) electrons. The third kappa shape index (κ3) is 3.60. The van der Waals surface area contributed by atoms with Crippen LogP contribution in [0.2, 0.25) is 0 Å². The smallest absolute Gasteiger partial charge is 0.337 e. The number of hydrogen-bond acceptors (Lipinski definition) is 6. The van der Waals surface area contributed by atoms with Crippen LogP contribution in [0.4, 0.5) is 0 Å². The Balaban J connectivity index is 1.67. The summed E-state index contributed by atoms with van der Waals surface area (Å²) in [6.07, 6.45) is 7.51. The highest BCUT2D eigenvalue weighted by Gasteiger charge is 2.44. The SMILES string of the molecule is COC(=O)c1ccnc(/C=C/C2(O)CCC3(CC2)OCCO3)c1. The number of carbonyl (C=O) groups is 1. The van der Waals surface area contributed by atoms with Crippen molar-refractivity contribution in [2.75, 3.05) is 20.3 Å². The van der Waals surface area contributed by atoms with Gasteiger partial charge in [-0.25, -0.2) is 4.79 Å². The third-order valence-corrected chi connectivity index (χ3v) is 4.46. The molecule has 23 heavy (non-hydrogen) atoms. The number of aliphatic hydroxyl groups is 1. The Kier molecular flexibility index (Phi) is 4.48. The molecule has 1 N–H and O–H groups in total. The monoisotopic (exact) mass is 319 g/mol. The van der Waals surface area contributed by atoms with Crippen molar-refractivity contribution in [3.63, 3.8) is 0 Å². The lowest BCUT2D eigenvalue weighted by molar-refractivity contribution is -0.196. The number of nitrogens with zero attached hydrogens (tertiary/aromatic N) is 1. The first-order valence-electron chi connectivity index (χ1n) is 7.78. The van der Waals surface area contributed by atoms with Crippen LogP contribution in [0.1, 0.15) is 41.7 Å². The van der Waals surface area contributed by atoms with Crippen LogP contribution in [0.3, 0.4) is 0 Å². The predicted octanol–water partition coefficient (Wildman–Crippen LogP) is 1.93. The zero-order chi connectivity index (χ0) is 16.3. The second kappa shape index (κ2) is 6.39. The highest BCUT2D eigenvalue weighted by atomic mass is 16.7. The Morgan fingerprint density at radius 1 is 1.30 bits per heavy atom. The van der Waals surface area contributed by atoms with Crippen molar-refractivity contribution in [3.8, 4) is 0 Å². The first kappa shape index (κ1) is 16.1. The number of hydrogen-bond donors (Lipinski definition) is 1. The Hall–Kier alpha value is -1.76. The lowest BCUT2D eigenvalue weighted by Crippen LogP contribution is -2.42. The van der Waals surface area contributed by atoms with Gasteiger partial charge in [0.2, 0.25) is 0 Å². The molecule has 0 aromatic carbocycles. The molecule has 2 aliphatic rings. The van der Waals surface area contributed by atoms with Gasteiger partial charge >= 0.3 is 5.97 Å². The number of rotatable bonds is 3. The molecule has 0 amide bonds. The van der Waals surface area contributed by atoms with E-state index in [9.17, 15) is 9.90 Å². The molecule has 0 bridgehead atoms. The minimum absolute atomic E-state index is 0.407. The summed E-state index contributed by atoms with van der Waals surface area (Å²) in [7, 11) is 1.34. The molecule has 1 saturated carbocycles. The summed E-state index contributed by atoms with van der Waals surface area (Å²) < 4.78 is 16.0. The van der Waals surface area contributed by atoms with E-state index in [4.69, 9.17) is 14.2 Å². The van der Waals surface area contributed by atoms with Crippen LogP contribution in [0, 0.1) is 0 Å². The van der Waals surface area contributed by atoms with Gasteiger partial charge in [-0.1, -0.05) is 6.08 Å². The summed E-state index contributed by atoms with van der Waals surface area (Å²) in [5, 5.41) is 10.7. The maximum atomic E-state index is 11.5. The minimum atomic E-state index is -0.899. The van der Waals surface area contributed by atoms with Gasteiger partial charge in [0.25, 0.3) is 0 Å². The van der Waals surface area contributed by atoms with Gasteiger partial charge in [0.05, 0.1) is 37.2 Å². The van der Waals surface area contributed by atoms with Crippen molar-refractivity contribution >= 4 is 12.0 Å². The normalized spacial score (nSPS) is 22.5. The number of methoxy groups -OCH3 is 1. The minimum Gasteiger partial charge on any atom is -0.465 e. The van der Waals surface area contributed by atoms with Crippen LogP contribution >= 0.6 is 0 Å². The van der Waals surface area contributed by atoms with Crippen LogP contribution in [-0.4, -0.2) is 47.8 Å². The van der Waals surface area contributed by atoms with Crippen LogP contribution in [0.25, 0.3) is 6.08 Å². The molecule has 1 saturated heterocycles. The van der Waals surface area contributed by atoms with E-state index in [0.29, 0.717) is 50.2 Å². The predicted molar refractivity (Wildman–Crippen MR) is 82.7 cm³/mol. The Morgan fingerprint density at radius 3 is 2.65 bits per heavy atom. The maximum Gasteiger partial charge on any atom is 0.337 e. The van der Waals surface area contributed by atoms with Crippen molar-refractivity contribution < 1.29 is 24.1 Å². The summed E-state index contributed by atoms with van der Waals surface area (Å²) >= 11 is 0. The molecular weight excluding hydrogens is 298 g/mol. The molecule has 3 rings (SSSR count). The van der Waals surface area contributed by atoms with Gasteiger partial charge < -0.3 is 19.3 Å². The lowest BCUT2D eigenvalue weighted by Gasteiger charge is -2.39. The number of ether oxygens (including phenoxy) is 3. The van der Waals surface area contributed by atoms with Gasteiger partial charge in [-0.15, -0.1) is 0 Å². The number of pyridine rings is 1. The van der Waals surface area contributed by atoms with Crippen LogP contribution in [-0.2, 0) is 14.2 Å². The van der Waals surface area contributed by atoms with Crippen LogP contribution in [0.5, 0.6) is 0 Å². The van der Waals surface area contributed by atoms with E-state index in [2.05, 4.69) is 4.98 Å². The average molecular weight is 319 g/mol. The van der Waals surface area contributed by atoms with E-state index in [1.165, 1.54) is 7.11 Å². The molecule has 0 atom stereocenters. The van der Waals surface area contributed by atoms with E-state index in [1.807, 2.05) is 0 Å². The fourth-order valence-electron chi connectivity index (χ4n) is 3.04. The average Bonchev–Trinajstić information content (AvgIpc) is 3.05. The molecule has 124 valence electrons. The summed E-state index contributed by atoms with van der Waals surface area (Å²) in [5.41, 5.74) is 0.142. The van der Waals surface area contributed by atoms with E-state index >= 15 is 0 Å². The topological polar surface area (TPSA) is 77.9 Å². The highest BCUT2D eigenvalue weighted by Crippen LogP contribution is 2.40. The van der Waals surface area contributed by atoms with Crippen molar-refractivity contribution in [2.24, 2.45) is 0 Å². The standard InChI is InChI=1S/C17H21NO5/c1-21-15(19)13-3-9-18-14(12-13)2-4-16(20)5-7-17(8-6-16)22-10-11-23-17/h2-4,9,12,20H,5-8,10-11H2,1H3/b4-2+. The summed E-state index contributed by atoms with van der Waals surface area (Å²) in [6, 6.07) is 3.23. The molecule has 1 aromatic rings. The quantitative estimate of drug-likeness (QED) is 0.858. The largest absolute Gasteiger partial charge is 0.465 e. The Bertz CT molecular complexity index is 597. The molecule has 6 heteroatoms. The number of aromatic nitrogens is 1. The maximum absolute atomic E-state index is 11.5. The Labute approximate surface area is 135 Å². The molecule has 2 heterocycles. The molecule has 1 spiro atoms. The van der Waals surface area contributed by atoms with E-state index < -0.39 is 17.4 Å². The van der Waals surface area contributed by atoms with Crippen molar-refractivity contribution in [3.05, 3.63) is 35.7 Å². The van der Waals surface area contributed by atoms with Crippen LogP contribution in [0.15, 0.2) is 24.4 Å². The van der Waals surface area contributed by atoms with E-state index in [-0.39, 0.29) is 0 Å². The van der Waals surface area contributed by atoms with Crippen molar-refractivity contribution in [1.82, 2.24) is 4.98 Å². The molecule has 2 fully saturated rings. The van der Waals surface area contributed by atoms with Gasteiger partial charge in [0.15, 0.2) is 5.79 Å².